The molecule has 9 heteroatoms. The number of aliphatic hydroxyl groups excluding tert-OH is 2. The van der Waals surface area contributed by atoms with E-state index in [-0.39, 0.29) is 18.4 Å². The Kier molecular flexibility index (Phi) is 8.04. The number of methoxy groups -OCH3 is 1. The van der Waals surface area contributed by atoms with Crippen LogP contribution in [0.2, 0.25) is 0 Å². The molecule has 0 heterocycles. The SMILES string of the molecule is COc1ccc(C[C@H](NC(=O)C2=C[C@H](NC(=O)c3ccc(C)cc3)[C@@H](O)[C@H](O)C2)C(N)=O)cc1. The summed E-state index contributed by atoms with van der Waals surface area (Å²) in [6.07, 6.45) is -1.15. The molecule has 0 spiro atoms. The molecule has 34 heavy (non-hydrogen) atoms. The first-order chi connectivity index (χ1) is 16.2. The van der Waals surface area contributed by atoms with Crippen molar-refractivity contribution in [2.24, 2.45) is 5.73 Å². The Morgan fingerprint density at radius 1 is 1.06 bits per heavy atom. The normalized spacial score (nSPS) is 20.6. The predicted molar refractivity (Wildman–Crippen MR) is 125 cm³/mol. The predicted octanol–water partition coefficient (Wildman–Crippen LogP) is 0.367. The first-order valence-electron chi connectivity index (χ1n) is 10.9. The number of rotatable bonds is 8. The molecule has 2 aromatic rings. The van der Waals surface area contributed by atoms with Crippen LogP contribution in [0.5, 0.6) is 5.75 Å². The van der Waals surface area contributed by atoms with E-state index in [1.165, 1.54) is 6.08 Å². The lowest BCUT2D eigenvalue weighted by Gasteiger charge is -2.31. The molecule has 3 amide bonds. The van der Waals surface area contributed by atoms with Crippen molar-refractivity contribution in [2.75, 3.05) is 7.11 Å². The Labute approximate surface area is 197 Å². The molecule has 0 fully saturated rings. The third-order valence-electron chi connectivity index (χ3n) is 5.72. The number of primary amides is 1. The molecule has 0 saturated carbocycles. The van der Waals surface area contributed by atoms with Gasteiger partial charge in [-0.25, -0.2) is 0 Å². The van der Waals surface area contributed by atoms with E-state index in [2.05, 4.69) is 10.6 Å². The monoisotopic (exact) mass is 467 g/mol. The van der Waals surface area contributed by atoms with E-state index in [4.69, 9.17) is 10.5 Å². The van der Waals surface area contributed by atoms with Crippen molar-refractivity contribution in [1.82, 2.24) is 10.6 Å². The summed E-state index contributed by atoms with van der Waals surface area (Å²) >= 11 is 0. The van der Waals surface area contributed by atoms with Crippen molar-refractivity contribution in [3.8, 4) is 5.75 Å². The summed E-state index contributed by atoms with van der Waals surface area (Å²) < 4.78 is 5.11. The van der Waals surface area contributed by atoms with Crippen molar-refractivity contribution < 1.29 is 29.3 Å². The highest BCUT2D eigenvalue weighted by atomic mass is 16.5. The largest absolute Gasteiger partial charge is 0.497 e. The highest BCUT2D eigenvalue weighted by Gasteiger charge is 2.34. The minimum atomic E-state index is -1.29. The number of nitrogens with one attached hydrogen (secondary N) is 2. The lowest BCUT2D eigenvalue weighted by molar-refractivity contribution is -0.125. The standard InChI is InChI=1S/C25H29N3O6/c1-14-3-7-16(8-4-14)24(32)27-19-12-17(13-21(29)22(19)30)25(33)28-20(23(26)31)11-15-5-9-18(34-2)10-6-15/h3-10,12,19-22,29-30H,11,13H2,1-2H3,(H2,26,31)(H,27,32)(H,28,33)/t19-,20-,21+,22+/m0/s1. The lowest BCUT2D eigenvalue weighted by atomic mass is 9.89. The van der Waals surface area contributed by atoms with Crippen LogP contribution in [0, 0.1) is 6.92 Å². The van der Waals surface area contributed by atoms with Gasteiger partial charge in [0.1, 0.15) is 17.9 Å². The molecule has 0 radical (unpaired) electrons. The Morgan fingerprint density at radius 2 is 1.71 bits per heavy atom. The summed E-state index contributed by atoms with van der Waals surface area (Å²) in [4.78, 5) is 37.4. The summed E-state index contributed by atoms with van der Waals surface area (Å²) in [7, 11) is 1.54. The number of hydrogen-bond donors (Lipinski definition) is 5. The van der Waals surface area contributed by atoms with Gasteiger partial charge in [0.05, 0.1) is 19.3 Å². The lowest BCUT2D eigenvalue weighted by Crippen LogP contribution is -2.52. The summed E-state index contributed by atoms with van der Waals surface area (Å²) in [6, 6.07) is 11.9. The van der Waals surface area contributed by atoms with Crippen LogP contribution in [0.4, 0.5) is 0 Å². The molecule has 3 rings (SSSR count). The fourth-order valence-corrected chi connectivity index (χ4v) is 3.67. The Hall–Kier alpha value is -3.69. The van der Waals surface area contributed by atoms with Crippen LogP contribution < -0.4 is 21.1 Å². The van der Waals surface area contributed by atoms with Crippen LogP contribution in [0.1, 0.15) is 27.9 Å². The molecule has 1 aliphatic rings. The minimum Gasteiger partial charge on any atom is -0.497 e. The average Bonchev–Trinajstić information content (AvgIpc) is 2.82. The maximum absolute atomic E-state index is 12.9. The van der Waals surface area contributed by atoms with Crippen molar-refractivity contribution in [3.63, 3.8) is 0 Å². The van der Waals surface area contributed by atoms with Gasteiger partial charge >= 0.3 is 0 Å². The van der Waals surface area contributed by atoms with Gasteiger partial charge in [-0.3, -0.25) is 14.4 Å². The van der Waals surface area contributed by atoms with E-state index in [1.807, 2.05) is 6.92 Å². The molecule has 6 N–H and O–H groups in total. The summed E-state index contributed by atoms with van der Waals surface area (Å²) in [5, 5.41) is 25.9. The molecule has 9 nitrogen and oxygen atoms in total. The van der Waals surface area contributed by atoms with Gasteiger partial charge < -0.3 is 31.3 Å². The van der Waals surface area contributed by atoms with E-state index in [0.29, 0.717) is 11.3 Å². The number of ether oxygens (including phenoxy) is 1. The maximum Gasteiger partial charge on any atom is 0.251 e. The highest BCUT2D eigenvalue weighted by Crippen LogP contribution is 2.21. The second-order valence-electron chi connectivity index (χ2n) is 8.30. The quantitative estimate of drug-likeness (QED) is 0.378. The summed E-state index contributed by atoms with van der Waals surface area (Å²) in [5.41, 5.74) is 7.76. The van der Waals surface area contributed by atoms with E-state index in [0.717, 1.165) is 11.1 Å². The first-order valence-corrected chi connectivity index (χ1v) is 10.9. The number of nitrogens with two attached hydrogens (primary N) is 1. The molecule has 0 saturated heterocycles. The van der Waals surface area contributed by atoms with Gasteiger partial charge in [-0.1, -0.05) is 35.9 Å². The fourth-order valence-electron chi connectivity index (χ4n) is 3.67. The Bertz CT molecular complexity index is 1070. The molecule has 0 bridgehead atoms. The van der Waals surface area contributed by atoms with Crippen LogP contribution >= 0.6 is 0 Å². The second-order valence-corrected chi connectivity index (χ2v) is 8.30. The molecule has 2 aromatic carbocycles. The molecular formula is C25H29N3O6. The van der Waals surface area contributed by atoms with Crippen LogP contribution in [0.25, 0.3) is 0 Å². The van der Waals surface area contributed by atoms with Gasteiger partial charge in [-0.05, 0) is 36.8 Å². The molecular weight excluding hydrogens is 438 g/mol. The topological polar surface area (TPSA) is 151 Å². The average molecular weight is 468 g/mol. The first kappa shape index (κ1) is 24.9. The molecule has 1 aliphatic carbocycles. The second kappa shape index (κ2) is 11.0. The van der Waals surface area contributed by atoms with Crippen molar-refractivity contribution in [1.29, 1.82) is 0 Å². The molecule has 180 valence electrons. The summed E-state index contributed by atoms with van der Waals surface area (Å²) in [6.45, 7) is 1.89. The number of benzene rings is 2. The zero-order valence-electron chi connectivity index (χ0n) is 19.0. The Balaban J connectivity index is 1.72. The van der Waals surface area contributed by atoms with E-state index in [1.54, 1.807) is 55.6 Å². The van der Waals surface area contributed by atoms with Crippen LogP contribution in [0.3, 0.4) is 0 Å². The highest BCUT2D eigenvalue weighted by molar-refractivity contribution is 5.98. The van der Waals surface area contributed by atoms with Crippen molar-refractivity contribution in [2.45, 2.75) is 44.1 Å². The van der Waals surface area contributed by atoms with Gasteiger partial charge in [0.25, 0.3) is 5.91 Å². The maximum atomic E-state index is 12.9. The van der Waals surface area contributed by atoms with Gasteiger partial charge in [0.2, 0.25) is 11.8 Å². The van der Waals surface area contributed by atoms with E-state index >= 15 is 0 Å². The molecule has 0 aliphatic heterocycles. The third-order valence-corrected chi connectivity index (χ3v) is 5.72. The zero-order chi connectivity index (χ0) is 24.8. The van der Waals surface area contributed by atoms with Crippen LogP contribution in [0.15, 0.2) is 60.2 Å². The molecule has 0 aromatic heterocycles. The number of carbonyl (C=O) groups excluding carboxylic acids is 3. The Morgan fingerprint density at radius 3 is 2.29 bits per heavy atom. The number of amides is 3. The zero-order valence-corrected chi connectivity index (χ0v) is 19.0. The number of hydrogen-bond acceptors (Lipinski definition) is 6. The number of carbonyl (C=O) groups is 3. The summed E-state index contributed by atoms with van der Waals surface area (Å²) in [5.74, 6) is -1.13. The van der Waals surface area contributed by atoms with Gasteiger partial charge in [0, 0.05) is 24.0 Å². The smallest absolute Gasteiger partial charge is 0.251 e. The van der Waals surface area contributed by atoms with Gasteiger partial charge in [-0.2, -0.15) is 0 Å². The van der Waals surface area contributed by atoms with Crippen LogP contribution in [-0.4, -0.2) is 59.3 Å². The van der Waals surface area contributed by atoms with E-state index in [9.17, 15) is 24.6 Å². The molecule has 4 atom stereocenters. The number of aryl methyl sites for hydroxylation is 1. The van der Waals surface area contributed by atoms with Gasteiger partial charge in [-0.15, -0.1) is 0 Å². The third kappa shape index (κ3) is 6.21. The number of aliphatic hydroxyl groups is 2. The van der Waals surface area contributed by atoms with Crippen molar-refractivity contribution in [3.05, 3.63) is 76.9 Å². The fraction of sp³-hybridized carbons (Fsp3) is 0.320. The van der Waals surface area contributed by atoms with Gasteiger partial charge in [0.15, 0.2) is 0 Å². The minimum absolute atomic E-state index is 0.132. The molecule has 0 unspecified atom stereocenters. The van der Waals surface area contributed by atoms with Crippen molar-refractivity contribution >= 4 is 17.7 Å². The van der Waals surface area contributed by atoms with E-state index < -0.39 is 42.0 Å². The van der Waals surface area contributed by atoms with Crippen LogP contribution in [-0.2, 0) is 16.0 Å².